The molecule has 1 saturated carbocycles. The lowest BCUT2D eigenvalue weighted by molar-refractivity contribution is -0.124. The number of ketones is 4. The third-order valence-electron chi connectivity index (χ3n) is 14.5. The number of carbonyl (C=O) groups excluding carboxylic acids is 5. The number of benzene rings is 4. The van der Waals surface area contributed by atoms with Crippen molar-refractivity contribution in [1.29, 1.82) is 0 Å². The Morgan fingerprint density at radius 2 is 1.10 bits per heavy atom. The van der Waals surface area contributed by atoms with Crippen molar-refractivity contribution in [3.63, 3.8) is 0 Å². The molecule has 10 rings (SSSR count). The van der Waals surface area contributed by atoms with Gasteiger partial charge in [0.05, 0.1) is 33.8 Å². The van der Waals surface area contributed by atoms with Crippen LogP contribution in [0.15, 0.2) is 147 Å². The lowest BCUT2D eigenvalue weighted by Crippen LogP contribution is -2.52. The van der Waals surface area contributed by atoms with E-state index in [-0.39, 0.29) is 60.5 Å². The number of rotatable bonds is 18. The van der Waals surface area contributed by atoms with Gasteiger partial charge in [0, 0.05) is 108 Å². The highest BCUT2D eigenvalue weighted by Crippen LogP contribution is 2.35. The van der Waals surface area contributed by atoms with Crippen molar-refractivity contribution in [3.05, 3.63) is 179 Å². The molecule has 0 spiro atoms. The first kappa shape index (κ1) is 57.4. The van der Waals surface area contributed by atoms with Crippen molar-refractivity contribution in [3.8, 4) is 22.5 Å². The lowest BCUT2D eigenvalue weighted by atomic mass is 9.81. The number of anilines is 2. The first-order chi connectivity index (χ1) is 39.0. The molecule has 0 radical (unpaired) electrons. The van der Waals surface area contributed by atoms with E-state index in [4.69, 9.17) is 37.9 Å². The second-order valence-corrected chi connectivity index (χ2v) is 22.6. The number of amides is 1. The molecule has 1 aliphatic heterocycles. The topological polar surface area (TPSA) is 205 Å². The van der Waals surface area contributed by atoms with Crippen LogP contribution in [0.4, 0.5) is 16.7 Å². The van der Waals surface area contributed by atoms with Gasteiger partial charge in [-0.15, -0.1) is 0 Å². The van der Waals surface area contributed by atoms with E-state index in [1.165, 1.54) is 12.2 Å². The molecule has 2 unspecified atom stereocenters. The van der Waals surface area contributed by atoms with Crippen LogP contribution in [-0.4, -0.2) is 94.8 Å². The highest BCUT2D eigenvalue weighted by molar-refractivity contribution is 6.33. The maximum Gasteiger partial charge on any atom is 0.410 e. The monoisotopic (exact) mass is 1130 g/mol. The van der Waals surface area contributed by atoms with E-state index < -0.39 is 17.6 Å². The van der Waals surface area contributed by atoms with E-state index in [1.54, 1.807) is 17.3 Å². The van der Waals surface area contributed by atoms with Crippen molar-refractivity contribution in [2.45, 2.75) is 96.2 Å². The smallest absolute Gasteiger partial charge is 0.410 e. The molecule has 2 aliphatic rings. The van der Waals surface area contributed by atoms with Gasteiger partial charge in [-0.05, 0) is 93.0 Å². The largest absolute Gasteiger partial charge is 0.444 e. The van der Waals surface area contributed by atoms with Gasteiger partial charge in [-0.2, -0.15) is 0 Å². The molecule has 416 valence electrons. The molecule has 4 atom stereocenters. The third kappa shape index (κ3) is 15.0. The predicted molar refractivity (Wildman–Crippen MR) is 319 cm³/mol. The molecular weight excluding hydrogens is 1060 g/mol. The van der Waals surface area contributed by atoms with Gasteiger partial charge in [0.25, 0.3) is 0 Å². The Kier molecular flexibility index (Phi) is 18.4. The number of nitrogens with one attached hydrogen (secondary N) is 4. The average molecular weight is 1130 g/mol. The van der Waals surface area contributed by atoms with Crippen LogP contribution in [0, 0.1) is 11.8 Å². The lowest BCUT2D eigenvalue weighted by Gasteiger charge is -2.38. The summed E-state index contributed by atoms with van der Waals surface area (Å²) in [5, 5.41) is 9.74. The second kappa shape index (κ2) is 25.9. The van der Waals surface area contributed by atoms with E-state index >= 15 is 0 Å². The minimum atomic E-state index is -0.687. The maximum absolute atomic E-state index is 13.6. The van der Waals surface area contributed by atoms with Crippen molar-refractivity contribution < 1.29 is 28.7 Å². The summed E-state index contributed by atoms with van der Waals surface area (Å²) in [5.41, 5.74) is 7.81. The standard InChI is InChI=1S/C34H36ClN5O4.C30H29ClN4O2/c1-5-25(41)14-21-9-8-10-22(13-21)15-30(42)23-16-24(20-40(19-23)33(43)44-34(2,3)4)38-32-37-18-28(35)31(39-32)27-17-36-29-12-7-6-11-26(27)29;1-2-23(36)14-19-7-5-8-20(13-19)15-28(37)21-9-6-10-22(16-21)34-30-33-18-26(31)29(35-30)25-17-32-27-12-4-3-11-24(25)27/h5-13,17-18,23-24,36H,1,14-16,19-20H2,2-4H3,(H,37,38,39);2-5,7-8,11-13,17-18,21-22,32H,1,6,9-10,14-16H2,(H,33,34,35)/t23-,24?;21-,22?/m10/s1. The molecule has 4 N–H and O–H groups in total. The summed E-state index contributed by atoms with van der Waals surface area (Å²) in [7, 11) is 0. The van der Waals surface area contributed by atoms with Crippen molar-refractivity contribution in [1.82, 2.24) is 34.8 Å². The summed E-state index contributed by atoms with van der Waals surface area (Å²) in [6, 6.07) is 30.9. The van der Waals surface area contributed by atoms with Crippen molar-refractivity contribution in [2.75, 3.05) is 23.7 Å². The van der Waals surface area contributed by atoms with E-state index in [1.807, 2.05) is 130 Å². The molecule has 17 heteroatoms. The summed E-state index contributed by atoms with van der Waals surface area (Å²) >= 11 is 13.0. The van der Waals surface area contributed by atoms with Gasteiger partial charge < -0.3 is 30.2 Å². The van der Waals surface area contributed by atoms with E-state index in [9.17, 15) is 24.0 Å². The Labute approximate surface area is 481 Å². The minimum absolute atomic E-state index is 0.00578. The van der Waals surface area contributed by atoms with Gasteiger partial charge in [-0.3, -0.25) is 19.2 Å². The fourth-order valence-electron chi connectivity index (χ4n) is 10.6. The van der Waals surface area contributed by atoms with Crippen LogP contribution < -0.4 is 10.6 Å². The normalized spacial score (nSPS) is 17.1. The minimum Gasteiger partial charge on any atom is -0.444 e. The van der Waals surface area contributed by atoms with E-state index in [0.29, 0.717) is 59.1 Å². The summed E-state index contributed by atoms with van der Waals surface area (Å²) in [6.07, 6.45) is 14.2. The molecule has 2 fully saturated rings. The molecule has 15 nitrogen and oxygen atoms in total. The van der Waals surface area contributed by atoms with Crippen LogP contribution in [-0.2, 0) is 49.6 Å². The van der Waals surface area contributed by atoms with Gasteiger partial charge in [0.15, 0.2) is 11.6 Å². The van der Waals surface area contributed by atoms with Gasteiger partial charge in [-0.25, -0.2) is 24.7 Å². The highest BCUT2D eigenvalue weighted by atomic mass is 35.5. The van der Waals surface area contributed by atoms with Crippen LogP contribution in [0.1, 0.15) is 75.1 Å². The van der Waals surface area contributed by atoms with E-state index in [2.05, 4.69) is 43.7 Å². The fraction of sp³-hybridized carbons (Fsp3) is 0.297. The van der Waals surface area contributed by atoms with Crippen molar-refractivity contribution >= 4 is 86.1 Å². The number of piperidine rings is 1. The summed E-state index contributed by atoms with van der Waals surface area (Å²) in [6.45, 7) is 13.0. The number of hydrogen-bond donors (Lipinski definition) is 4. The Bertz CT molecular complexity index is 3640. The zero-order valence-electron chi connectivity index (χ0n) is 45.6. The number of hydrogen-bond acceptors (Lipinski definition) is 12. The van der Waals surface area contributed by atoms with Gasteiger partial charge in [0.1, 0.15) is 17.2 Å². The third-order valence-corrected chi connectivity index (χ3v) is 15.0. The number of aromatic nitrogens is 6. The fourth-order valence-corrected chi connectivity index (χ4v) is 11.0. The number of aromatic amines is 2. The zero-order valence-corrected chi connectivity index (χ0v) is 47.2. The van der Waals surface area contributed by atoms with Crippen molar-refractivity contribution in [2.24, 2.45) is 11.8 Å². The molecule has 8 aromatic rings. The molecule has 4 aromatic heterocycles. The van der Waals surface area contributed by atoms with Crippen LogP contribution in [0.25, 0.3) is 44.3 Å². The van der Waals surface area contributed by atoms with Crippen LogP contribution in [0.5, 0.6) is 0 Å². The molecule has 1 amide bonds. The quantitative estimate of drug-likeness (QED) is 0.0593. The molecule has 0 bridgehead atoms. The maximum atomic E-state index is 13.6. The van der Waals surface area contributed by atoms with Crippen LogP contribution in [0.2, 0.25) is 10.0 Å². The molecule has 5 heterocycles. The van der Waals surface area contributed by atoms with E-state index in [0.717, 1.165) is 80.9 Å². The highest BCUT2D eigenvalue weighted by Gasteiger charge is 2.36. The SMILES string of the molecule is C=CC(=O)Cc1cccc(CC(=O)[C@@H]2CC(Nc3ncc(Cl)c(-c4c[nH]c5ccccc45)n3)CN(C(=O)OC(C)(C)C)C2)c1.C=CC(=O)Cc1cccc(CC(=O)[C@H]2CCCC(Nc3ncc(Cl)c(-c4c[nH]c5ccccc45)n3)C2)c1. The summed E-state index contributed by atoms with van der Waals surface area (Å²) in [4.78, 5) is 89.9. The number of allylic oxidation sites excluding steroid dienone is 2. The molecular formula is C64H65Cl2N9O6. The Hall–Kier alpha value is -8.27. The first-order valence-corrected chi connectivity index (χ1v) is 27.9. The Balaban J connectivity index is 0.000000198. The number of ether oxygens (including phenoxy) is 1. The molecule has 1 saturated heterocycles. The van der Waals surface area contributed by atoms with Gasteiger partial charge >= 0.3 is 6.09 Å². The number of nitrogens with zero attached hydrogens (tertiary/aromatic N) is 5. The number of fused-ring (bicyclic) bond motifs is 2. The molecule has 81 heavy (non-hydrogen) atoms. The predicted octanol–water partition coefficient (Wildman–Crippen LogP) is 12.8. The Morgan fingerprint density at radius 3 is 1.60 bits per heavy atom. The Morgan fingerprint density at radius 1 is 0.630 bits per heavy atom. The molecule has 4 aromatic carbocycles. The van der Waals surface area contributed by atoms with Crippen LogP contribution >= 0.6 is 23.2 Å². The zero-order chi connectivity index (χ0) is 57.2. The summed E-state index contributed by atoms with van der Waals surface area (Å²) < 4.78 is 5.67. The second-order valence-electron chi connectivity index (χ2n) is 21.8. The average Bonchev–Trinajstić information content (AvgIpc) is 4.35. The van der Waals surface area contributed by atoms with Crippen LogP contribution in [0.3, 0.4) is 0 Å². The first-order valence-electron chi connectivity index (χ1n) is 27.2. The number of likely N-dealkylation sites (tertiary alicyclic amines) is 1. The van der Waals surface area contributed by atoms with Gasteiger partial charge in [0.2, 0.25) is 11.9 Å². The molecule has 1 aliphatic carbocycles. The number of carbonyl (C=O) groups is 5. The number of Topliss-reactive ketones (excluding diaryl/α,β-unsaturated/α-hetero) is 2. The number of H-pyrrole nitrogens is 2. The summed E-state index contributed by atoms with van der Waals surface area (Å²) in [5.74, 6) is 0.502. The number of para-hydroxylation sites is 2. The van der Waals surface area contributed by atoms with Gasteiger partial charge in [-0.1, -0.05) is 128 Å². The number of halogens is 2.